The normalized spacial score (nSPS) is 11.1. The number of aryl methyl sites for hydroxylation is 1. The number of hydrogen-bond acceptors (Lipinski definition) is 9. The van der Waals surface area contributed by atoms with Gasteiger partial charge in [-0.1, -0.05) is 29.8 Å². The highest BCUT2D eigenvalue weighted by molar-refractivity contribution is 7.92. The van der Waals surface area contributed by atoms with Gasteiger partial charge in [-0.3, -0.25) is 9.10 Å². The molecular weight excluding hydrogens is 526 g/mol. The molecule has 0 aliphatic heterocycles. The number of para-hydroxylation sites is 2. The number of methoxy groups -OCH3 is 2. The Morgan fingerprint density at radius 2 is 1.69 bits per heavy atom. The van der Waals surface area contributed by atoms with Crippen LogP contribution in [0.1, 0.15) is 18.1 Å². The van der Waals surface area contributed by atoms with E-state index in [1.165, 1.54) is 44.7 Å². The van der Waals surface area contributed by atoms with Crippen LogP contribution in [0.25, 0.3) is 0 Å². The molecule has 0 saturated carbocycles. The molecule has 0 fully saturated rings. The Morgan fingerprint density at radius 1 is 0.974 bits per heavy atom. The monoisotopic (exact) mass is 555 g/mol. The number of carbonyl (C=O) groups excluding carboxylic acids is 2. The molecule has 0 bridgehead atoms. The third-order valence-electron chi connectivity index (χ3n) is 5.28. The quantitative estimate of drug-likeness (QED) is 0.163. The molecule has 0 radical (unpaired) electrons. The number of nitrogens with one attached hydrogen (secondary N) is 1. The second-order valence-electron chi connectivity index (χ2n) is 7.99. The van der Waals surface area contributed by atoms with Gasteiger partial charge in [-0.15, -0.1) is 0 Å². The van der Waals surface area contributed by atoms with Crippen molar-refractivity contribution in [1.29, 1.82) is 0 Å². The van der Waals surface area contributed by atoms with E-state index in [-0.39, 0.29) is 22.1 Å². The second-order valence-corrected chi connectivity index (χ2v) is 9.85. The minimum Gasteiger partial charge on any atom is -0.493 e. The van der Waals surface area contributed by atoms with Crippen LogP contribution >= 0.6 is 0 Å². The zero-order chi connectivity index (χ0) is 28.4. The number of carbonyl (C=O) groups is 2. The minimum atomic E-state index is -4.14. The summed E-state index contributed by atoms with van der Waals surface area (Å²) in [5.41, 5.74) is 3.96. The summed E-state index contributed by atoms with van der Waals surface area (Å²) in [6, 6.07) is 17.5. The summed E-state index contributed by atoms with van der Waals surface area (Å²) in [7, 11) is -1.56. The molecular formula is C27H29N3O8S. The summed E-state index contributed by atoms with van der Waals surface area (Å²) >= 11 is 0. The van der Waals surface area contributed by atoms with Gasteiger partial charge in [-0.25, -0.2) is 18.6 Å². The summed E-state index contributed by atoms with van der Waals surface area (Å²) in [4.78, 5) is 24.3. The smallest absolute Gasteiger partial charge is 0.493 e. The number of hydrazone groups is 1. The van der Waals surface area contributed by atoms with E-state index >= 15 is 0 Å². The number of anilines is 1. The number of sulfonamides is 1. The summed E-state index contributed by atoms with van der Waals surface area (Å²) in [6.45, 7) is 3.37. The molecule has 0 aromatic heterocycles. The molecule has 0 aliphatic rings. The molecule has 0 atom stereocenters. The van der Waals surface area contributed by atoms with Gasteiger partial charge in [0.05, 0.1) is 37.6 Å². The van der Waals surface area contributed by atoms with E-state index in [2.05, 4.69) is 15.3 Å². The van der Waals surface area contributed by atoms with Gasteiger partial charge in [0.15, 0.2) is 11.5 Å². The van der Waals surface area contributed by atoms with Crippen LogP contribution in [0.5, 0.6) is 17.2 Å². The van der Waals surface area contributed by atoms with Crippen LogP contribution in [0.3, 0.4) is 0 Å². The Balaban J connectivity index is 1.84. The minimum absolute atomic E-state index is 0.0251. The highest BCUT2D eigenvalue weighted by Gasteiger charge is 2.29. The molecule has 3 aromatic carbocycles. The van der Waals surface area contributed by atoms with Crippen LogP contribution in [0.2, 0.25) is 0 Å². The lowest BCUT2D eigenvalue weighted by Gasteiger charge is -2.25. The second kappa shape index (κ2) is 13.3. The molecule has 0 saturated heterocycles. The van der Waals surface area contributed by atoms with Crippen molar-refractivity contribution in [3.8, 4) is 17.2 Å². The highest BCUT2D eigenvalue weighted by Crippen LogP contribution is 2.32. The molecule has 1 N–H and O–H groups in total. The van der Waals surface area contributed by atoms with Crippen LogP contribution in [-0.2, 0) is 19.6 Å². The van der Waals surface area contributed by atoms with Gasteiger partial charge in [0.2, 0.25) is 0 Å². The van der Waals surface area contributed by atoms with Gasteiger partial charge in [0.25, 0.3) is 15.9 Å². The molecule has 39 heavy (non-hydrogen) atoms. The van der Waals surface area contributed by atoms with Gasteiger partial charge in [-0.05, 0) is 61.9 Å². The molecule has 1 amide bonds. The maximum Gasteiger partial charge on any atom is 0.513 e. The van der Waals surface area contributed by atoms with E-state index in [9.17, 15) is 18.0 Å². The first-order valence-corrected chi connectivity index (χ1v) is 13.2. The van der Waals surface area contributed by atoms with Crippen molar-refractivity contribution >= 4 is 34.0 Å². The fraction of sp³-hybridized carbons (Fsp3) is 0.222. The number of benzene rings is 3. The Bertz CT molecular complexity index is 1440. The van der Waals surface area contributed by atoms with E-state index in [4.69, 9.17) is 14.2 Å². The highest BCUT2D eigenvalue weighted by atomic mass is 32.2. The molecule has 0 spiro atoms. The van der Waals surface area contributed by atoms with E-state index in [1.807, 2.05) is 6.92 Å². The van der Waals surface area contributed by atoms with Crippen molar-refractivity contribution in [2.45, 2.75) is 18.7 Å². The molecule has 12 heteroatoms. The van der Waals surface area contributed by atoms with Crippen LogP contribution < -0.4 is 23.9 Å². The maximum absolute atomic E-state index is 13.6. The molecule has 206 valence electrons. The lowest BCUT2D eigenvalue weighted by Crippen LogP contribution is -2.39. The van der Waals surface area contributed by atoms with E-state index in [0.717, 1.165) is 9.87 Å². The van der Waals surface area contributed by atoms with E-state index in [1.54, 1.807) is 49.4 Å². The standard InChI is InChI=1S/C27H29N3O8S/c1-5-37-23-9-7-6-8-22(23)30(39(33,34)21-13-10-19(2)11-14-21)18-26(31)29-28-17-20-12-15-24(25(16-20)35-3)38-27(32)36-4/h6-17H,5,18H2,1-4H3,(H,29,31)/b28-17+. The van der Waals surface area contributed by atoms with Crippen molar-refractivity contribution < 1.29 is 37.0 Å². The molecule has 11 nitrogen and oxygen atoms in total. The molecule has 3 rings (SSSR count). The summed E-state index contributed by atoms with van der Waals surface area (Å²) < 4.78 is 48.5. The largest absolute Gasteiger partial charge is 0.513 e. The summed E-state index contributed by atoms with van der Waals surface area (Å²) in [5, 5.41) is 3.93. The summed E-state index contributed by atoms with van der Waals surface area (Å²) in [6.07, 6.45) is 0.424. The third-order valence-corrected chi connectivity index (χ3v) is 7.05. The molecule has 0 unspecified atom stereocenters. The van der Waals surface area contributed by atoms with Crippen molar-refractivity contribution in [2.75, 3.05) is 31.7 Å². The predicted molar refractivity (Wildman–Crippen MR) is 145 cm³/mol. The van der Waals surface area contributed by atoms with Crippen LogP contribution in [-0.4, -0.2) is 54.1 Å². The fourth-order valence-corrected chi connectivity index (χ4v) is 4.83. The Hall–Kier alpha value is -4.58. The SMILES string of the molecule is CCOc1ccccc1N(CC(=O)N/N=C/c1ccc(OC(=O)OC)c(OC)c1)S(=O)(=O)c1ccc(C)cc1. The number of nitrogens with zero attached hydrogens (tertiary/aromatic N) is 2. The summed E-state index contributed by atoms with van der Waals surface area (Å²) in [5.74, 6) is -0.00628. The van der Waals surface area contributed by atoms with Gasteiger partial charge >= 0.3 is 6.16 Å². The van der Waals surface area contributed by atoms with Crippen LogP contribution in [0.15, 0.2) is 76.7 Å². The number of ether oxygens (including phenoxy) is 4. The average Bonchev–Trinajstić information content (AvgIpc) is 2.93. The molecule has 0 heterocycles. The number of amides is 1. The van der Waals surface area contributed by atoms with E-state index < -0.39 is 28.6 Å². The van der Waals surface area contributed by atoms with Crippen molar-refractivity contribution in [1.82, 2.24) is 5.43 Å². The molecule has 0 aliphatic carbocycles. The zero-order valence-corrected chi connectivity index (χ0v) is 22.7. The average molecular weight is 556 g/mol. The van der Waals surface area contributed by atoms with Gasteiger partial charge in [0, 0.05) is 0 Å². The Morgan fingerprint density at radius 3 is 2.36 bits per heavy atom. The number of hydrogen-bond donors (Lipinski definition) is 1. The first-order valence-electron chi connectivity index (χ1n) is 11.8. The topological polar surface area (TPSA) is 133 Å². The molecule has 3 aromatic rings. The van der Waals surface area contributed by atoms with Gasteiger partial charge in [-0.2, -0.15) is 5.10 Å². The van der Waals surface area contributed by atoms with Gasteiger partial charge in [0.1, 0.15) is 12.3 Å². The van der Waals surface area contributed by atoms with Gasteiger partial charge < -0.3 is 18.9 Å². The zero-order valence-electron chi connectivity index (χ0n) is 21.9. The van der Waals surface area contributed by atoms with Crippen molar-refractivity contribution in [3.63, 3.8) is 0 Å². The van der Waals surface area contributed by atoms with Crippen LogP contribution in [0.4, 0.5) is 10.5 Å². The first-order chi connectivity index (χ1) is 18.7. The third kappa shape index (κ3) is 7.48. The Kier molecular flexibility index (Phi) is 9.87. The first kappa shape index (κ1) is 29.0. The van der Waals surface area contributed by atoms with Crippen molar-refractivity contribution in [3.05, 3.63) is 77.9 Å². The van der Waals surface area contributed by atoms with Crippen LogP contribution in [0, 0.1) is 6.92 Å². The Labute approximate surface area is 227 Å². The van der Waals surface area contributed by atoms with E-state index in [0.29, 0.717) is 17.9 Å². The number of rotatable bonds is 11. The lowest BCUT2D eigenvalue weighted by atomic mass is 10.2. The maximum atomic E-state index is 13.6. The predicted octanol–water partition coefficient (Wildman–Crippen LogP) is 3.89. The lowest BCUT2D eigenvalue weighted by molar-refractivity contribution is -0.119. The van der Waals surface area contributed by atoms with Crippen molar-refractivity contribution in [2.24, 2.45) is 5.10 Å². The fourth-order valence-electron chi connectivity index (χ4n) is 3.40.